The number of amides is 3. The zero-order chi connectivity index (χ0) is 28.8. The number of rotatable bonds is 11. The van der Waals surface area contributed by atoms with Gasteiger partial charge in [-0.05, 0) is 50.3 Å². The van der Waals surface area contributed by atoms with Crippen molar-refractivity contribution in [3.05, 3.63) is 77.4 Å². The first-order chi connectivity index (χ1) is 19.1. The van der Waals surface area contributed by atoms with Crippen molar-refractivity contribution < 1.29 is 19.1 Å². The van der Waals surface area contributed by atoms with E-state index < -0.39 is 23.0 Å². The van der Waals surface area contributed by atoms with Crippen molar-refractivity contribution in [2.45, 2.75) is 76.6 Å². The Kier molecular flexibility index (Phi) is 9.43. The Morgan fingerprint density at radius 1 is 1.05 bits per heavy atom. The van der Waals surface area contributed by atoms with Gasteiger partial charge in [-0.1, -0.05) is 79.9 Å². The molecule has 0 aromatic heterocycles. The summed E-state index contributed by atoms with van der Waals surface area (Å²) in [6.07, 6.45) is 4.85. The molecular weight excluding hydrogens is 504 g/mol. The number of hydrogen-bond donors (Lipinski definition) is 3. The summed E-state index contributed by atoms with van der Waals surface area (Å²) in [6, 6.07) is 18.4. The van der Waals surface area contributed by atoms with E-state index >= 15 is 0 Å². The first-order valence-corrected chi connectivity index (χ1v) is 14.3. The smallest absolute Gasteiger partial charge is 0.252 e. The maximum Gasteiger partial charge on any atom is 0.252 e. The molecule has 214 valence electrons. The highest BCUT2D eigenvalue weighted by Gasteiger charge is 2.46. The van der Waals surface area contributed by atoms with Crippen molar-refractivity contribution in [3.8, 4) is 0 Å². The number of hydrogen-bond acceptors (Lipinski definition) is 5. The zero-order valence-corrected chi connectivity index (χ0v) is 23.9. The minimum atomic E-state index is -1.16. The molecule has 2 aliphatic rings. The van der Waals surface area contributed by atoms with Gasteiger partial charge in [-0.15, -0.1) is 0 Å². The molecule has 0 saturated heterocycles. The Labute approximate surface area is 237 Å². The Morgan fingerprint density at radius 3 is 2.27 bits per heavy atom. The molecule has 1 aliphatic carbocycles. The van der Waals surface area contributed by atoms with Gasteiger partial charge in [0.2, 0.25) is 11.8 Å². The van der Waals surface area contributed by atoms with Gasteiger partial charge in [0, 0.05) is 18.7 Å². The Morgan fingerprint density at radius 2 is 1.68 bits per heavy atom. The molecule has 0 radical (unpaired) electrons. The number of nitrogens with one attached hydrogen (secondary N) is 2. The number of ether oxygens (including phenoxy) is 1. The third-order valence-electron chi connectivity index (χ3n) is 7.86. The summed E-state index contributed by atoms with van der Waals surface area (Å²) in [7, 11) is 0. The van der Waals surface area contributed by atoms with Crippen molar-refractivity contribution in [2.24, 2.45) is 5.73 Å². The van der Waals surface area contributed by atoms with Crippen LogP contribution in [0.5, 0.6) is 0 Å². The van der Waals surface area contributed by atoms with E-state index in [0.29, 0.717) is 18.7 Å². The second kappa shape index (κ2) is 12.8. The molecular formula is C32H42N4O4. The summed E-state index contributed by atoms with van der Waals surface area (Å²) in [5.41, 5.74) is 7.85. The van der Waals surface area contributed by atoms with E-state index in [1.165, 1.54) is 0 Å². The monoisotopic (exact) mass is 546 g/mol. The summed E-state index contributed by atoms with van der Waals surface area (Å²) in [6.45, 7) is 6.12. The fraction of sp³-hybridized carbons (Fsp3) is 0.469. The van der Waals surface area contributed by atoms with E-state index in [9.17, 15) is 14.4 Å². The van der Waals surface area contributed by atoms with Crippen LogP contribution in [0.15, 0.2) is 66.2 Å². The van der Waals surface area contributed by atoms with Crippen molar-refractivity contribution in [3.63, 3.8) is 0 Å². The van der Waals surface area contributed by atoms with Crippen LogP contribution in [0.4, 0.5) is 0 Å². The van der Waals surface area contributed by atoms with Gasteiger partial charge in [-0.2, -0.15) is 0 Å². The summed E-state index contributed by atoms with van der Waals surface area (Å²) in [4.78, 5) is 42.0. The van der Waals surface area contributed by atoms with E-state index in [-0.39, 0.29) is 25.0 Å². The summed E-state index contributed by atoms with van der Waals surface area (Å²) < 4.78 is 5.92. The van der Waals surface area contributed by atoms with Gasteiger partial charge in [0.1, 0.15) is 6.04 Å². The molecule has 1 heterocycles. The molecule has 1 atom stereocenters. The third kappa shape index (κ3) is 6.80. The van der Waals surface area contributed by atoms with Crippen LogP contribution >= 0.6 is 0 Å². The van der Waals surface area contributed by atoms with Crippen molar-refractivity contribution >= 4 is 23.3 Å². The second-order valence-electron chi connectivity index (χ2n) is 11.4. The Hall–Kier alpha value is -3.49. The quantitative estimate of drug-likeness (QED) is 0.399. The first-order valence-electron chi connectivity index (χ1n) is 14.3. The minimum Gasteiger partial charge on any atom is -0.374 e. The number of carbonyl (C=O) groups excluding carboxylic acids is 3. The normalized spacial score (nSPS) is 17.4. The van der Waals surface area contributed by atoms with Gasteiger partial charge >= 0.3 is 0 Å². The van der Waals surface area contributed by atoms with Gasteiger partial charge in [0.15, 0.2) is 0 Å². The van der Waals surface area contributed by atoms with E-state index in [0.717, 1.165) is 48.8 Å². The maximum atomic E-state index is 14.0. The second-order valence-corrected chi connectivity index (χ2v) is 11.4. The zero-order valence-electron chi connectivity index (χ0n) is 23.9. The predicted molar refractivity (Wildman–Crippen MR) is 156 cm³/mol. The molecule has 8 heteroatoms. The lowest BCUT2D eigenvalue weighted by molar-refractivity contribution is -0.139. The molecule has 2 aromatic rings. The molecule has 1 fully saturated rings. The van der Waals surface area contributed by atoms with Crippen LogP contribution in [0.2, 0.25) is 0 Å². The molecule has 40 heavy (non-hydrogen) atoms. The van der Waals surface area contributed by atoms with Crippen LogP contribution in [0.3, 0.4) is 0 Å². The van der Waals surface area contributed by atoms with Crippen LogP contribution < -0.4 is 16.4 Å². The average Bonchev–Trinajstić information content (AvgIpc) is 3.20. The lowest BCUT2D eigenvalue weighted by Gasteiger charge is -2.38. The Bertz CT molecular complexity index is 1210. The van der Waals surface area contributed by atoms with Crippen molar-refractivity contribution in [2.75, 3.05) is 19.7 Å². The van der Waals surface area contributed by atoms with Crippen LogP contribution in [0.1, 0.15) is 64.0 Å². The lowest BCUT2D eigenvalue weighted by atomic mass is 9.76. The summed E-state index contributed by atoms with van der Waals surface area (Å²) in [5.74, 6) is -0.790. The lowest BCUT2D eigenvalue weighted by Crippen LogP contribution is -2.58. The number of likely N-dealkylation sites (N-methyl/N-ethyl adjacent to an activating group) is 1. The van der Waals surface area contributed by atoms with E-state index in [1.807, 2.05) is 67.6 Å². The Balaban J connectivity index is 1.62. The largest absolute Gasteiger partial charge is 0.374 e. The van der Waals surface area contributed by atoms with Crippen LogP contribution in [-0.2, 0) is 25.7 Å². The first kappa shape index (κ1) is 29.5. The van der Waals surface area contributed by atoms with Gasteiger partial charge in [-0.25, -0.2) is 0 Å². The maximum absolute atomic E-state index is 14.0. The molecule has 2 aromatic carbocycles. The number of carbonyl (C=O) groups is 3. The standard InChI is InChI=1S/C32H42N4O4/c1-4-36(29(38)26(34-30(39)31(2,3)33)22-40-21-23-14-8-5-9-15-23)20-25-27(24-16-10-6-11-17-24)28(37)35-32(25)18-12-7-13-19-32/h5-6,8-11,14-17,26H,4,7,12-13,18-22,33H2,1-3H3,(H,34,39)(H,35,37)/t26-/m1/s1. The highest BCUT2D eigenvalue weighted by Crippen LogP contribution is 2.43. The topological polar surface area (TPSA) is 114 Å². The molecule has 1 aliphatic heterocycles. The van der Waals surface area contributed by atoms with Gasteiger partial charge in [0.25, 0.3) is 5.91 Å². The van der Waals surface area contributed by atoms with Gasteiger partial charge < -0.3 is 26.0 Å². The number of benzene rings is 2. The van der Waals surface area contributed by atoms with Gasteiger partial charge in [-0.3, -0.25) is 14.4 Å². The van der Waals surface area contributed by atoms with Gasteiger partial charge in [0.05, 0.1) is 24.3 Å². The van der Waals surface area contributed by atoms with Crippen molar-refractivity contribution in [1.29, 1.82) is 0 Å². The van der Waals surface area contributed by atoms with Crippen LogP contribution in [0.25, 0.3) is 5.57 Å². The predicted octanol–water partition coefficient (Wildman–Crippen LogP) is 3.56. The molecule has 4 rings (SSSR count). The fourth-order valence-electron chi connectivity index (χ4n) is 5.60. The number of nitrogens with zero attached hydrogens (tertiary/aromatic N) is 1. The van der Waals surface area contributed by atoms with E-state index in [4.69, 9.17) is 10.5 Å². The number of nitrogens with two attached hydrogens (primary N) is 1. The molecule has 4 N–H and O–H groups in total. The third-order valence-corrected chi connectivity index (χ3v) is 7.86. The summed E-state index contributed by atoms with van der Waals surface area (Å²) >= 11 is 0. The molecule has 3 amide bonds. The molecule has 0 unspecified atom stereocenters. The molecule has 8 nitrogen and oxygen atoms in total. The molecule has 0 bridgehead atoms. The van der Waals surface area contributed by atoms with E-state index in [2.05, 4.69) is 10.6 Å². The molecule has 1 saturated carbocycles. The average molecular weight is 547 g/mol. The van der Waals surface area contributed by atoms with Crippen LogP contribution in [-0.4, -0.2) is 59.4 Å². The van der Waals surface area contributed by atoms with Crippen LogP contribution in [0, 0.1) is 0 Å². The highest BCUT2D eigenvalue weighted by molar-refractivity contribution is 6.23. The van der Waals surface area contributed by atoms with Crippen molar-refractivity contribution in [1.82, 2.24) is 15.5 Å². The SMILES string of the molecule is CCN(CC1=C(c2ccccc2)C(=O)NC12CCCCC2)C(=O)[C@@H](COCc1ccccc1)NC(=O)C(C)(C)N. The summed E-state index contributed by atoms with van der Waals surface area (Å²) in [5, 5.41) is 6.13. The molecule has 1 spiro atoms. The van der Waals surface area contributed by atoms with E-state index in [1.54, 1.807) is 18.7 Å². The fourth-order valence-corrected chi connectivity index (χ4v) is 5.60. The minimum absolute atomic E-state index is 0.00103. The highest BCUT2D eigenvalue weighted by atomic mass is 16.5.